The fourth-order valence-electron chi connectivity index (χ4n) is 3.10. The summed E-state index contributed by atoms with van der Waals surface area (Å²) in [6.45, 7) is 7.29. The summed E-state index contributed by atoms with van der Waals surface area (Å²) in [6.07, 6.45) is 5.63. The number of hydrogen-bond donors (Lipinski definition) is 0. The summed E-state index contributed by atoms with van der Waals surface area (Å²) in [6, 6.07) is 10.1. The molecule has 0 aliphatic rings. The summed E-state index contributed by atoms with van der Waals surface area (Å²) >= 11 is 0. The smallest absolute Gasteiger partial charge is 0.290 e. The van der Waals surface area contributed by atoms with Gasteiger partial charge in [0.05, 0.1) is 0 Å². The Morgan fingerprint density at radius 1 is 1.12 bits per heavy atom. The van der Waals surface area contributed by atoms with Gasteiger partial charge in [-0.3, -0.25) is 9.78 Å². The van der Waals surface area contributed by atoms with E-state index in [9.17, 15) is 4.79 Å². The molecule has 0 atom stereocenters. The van der Waals surface area contributed by atoms with Gasteiger partial charge >= 0.3 is 0 Å². The first kappa shape index (κ1) is 17.2. The van der Waals surface area contributed by atoms with Crippen LogP contribution in [0.25, 0.3) is 11.0 Å². The van der Waals surface area contributed by atoms with E-state index in [4.69, 9.17) is 4.42 Å². The van der Waals surface area contributed by atoms with E-state index in [1.54, 1.807) is 17.3 Å². The highest BCUT2D eigenvalue weighted by molar-refractivity contribution is 5.99. The molecule has 0 N–H and O–H groups in total. The number of fused-ring (bicyclic) bond motifs is 1. The van der Waals surface area contributed by atoms with Gasteiger partial charge in [-0.1, -0.05) is 19.4 Å². The topological polar surface area (TPSA) is 46.3 Å². The van der Waals surface area contributed by atoms with Crippen LogP contribution in [0.2, 0.25) is 0 Å². The fraction of sp³-hybridized carbons (Fsp3) is 0.333. The maximum atomic E-state index is 13.0. The van der Waals surface area contributed by atoms with Crippen molar-refractivity contribution in [3.63, 3.8) is 0 Å². The molecule has 0 spiro atoms. The molecular weight excluding hydrogens is 312 g/mol. The normalized spacial score (nSPS) is 11.0. The summed E-state index contributed by atoms with van der Waals surface area (Å²) in [4.78, 5) is 18.8. The van der Waals surface area contributed by atoms with Gasteiger partial charge in [-0.05, 0) is 55.7 Å². The van der Waals surface area contributed by atoms with Crippen LogP contribution in [0.1, 0.15) is 47.5 Å². The molecule has 130 valence electrons. The number of nitrogens with zero attached hydrogens (tertiary/aromatic N) is 2. The van der Waals surface area contributed by atoms with Crippen molar-refractivity contribution in [2.24, 2.45) is 0 Å². The molecule has 4 nitrogen and oxygen atoms in total. The van der Waals surface area contributed by atoms with E-state index < -0.39 is 0 Å². The number of pyridine rings is 1. The zero-order valence-corrected chi connectivity index (χ0v) is 15.1. The van der Waals surface area contributed by atoms with Gasteiger partial charge in [0.1, 0.15) is 5.58 Å². The average molecular weight is 336 g/mol. The third-order valence-corrected chi connectivity index (χ3v) is 4.53. The number of carbonyl (C=O) groups is 1. The Morgan fingerprint density at radius 2 is 1.88 bits per heavy atom. The molecule has 1 amide bonds. The summed E-state index contributed by atoms with van der Waals surface area (Å²) in [5.74, 6) is 0.379. The van der Waals surface area contributed by atoms with Crippen LogP contribution in [0.5, 0.6) is 0 Å². The van der Waals surface area contributed by atoms with Crippen molar-refractivity contribution in [2.45, 2.75) is 40.2 Å². The van der Waals surface area contributed by atoms with Crippen LogP contribution < -0.4 is 0 Å². The number of amides is 1. The lowest BCUT2D eigenvalue weighted by Gasteiger charge is -2.20. The fourth-order valence-corrected chi connectivity index (χ4v) is 3.10. The Kier molecular flexibility index (Phi) is 5.17. The maximum Gasteiger partial charge on any atom is 0.290 e. The molecule has 25 heavy (non-hydrogen) atoms. The van der Waals surface area contributed by atoms with Gasteiger partial charge in [-0.25, -0.2) is 0 Å². The summed E-state index contributed by atoms with van der Waals surface area (Å²) < 4.78 is 5.91. The first-order chi connectivity index (χ1) is 12.1. The van der Waals surface area contributed by atoms with E-state index in [1.165, 1.54) is 5.56 Å². The summed E-state index contributed by atoms with van der Waals surface area (Å²) in [5.41, 5.74) is 4.04. The predicted octanol–water partition coefficient (Wildman–Crippen LogP) is 4.75. The van der Waals surface area contributed by atoms with Crippen LogP contribution in [-0.2, 0) is 13.0 Å². The molecule has 3 rings (SSSR count). The Labute approximate surface area is 148 Å². The minimum Gasteiger partial charge on any atom is -0.451 e. The Hall–Kier alpha value is -2.62. The molecule has 4 heteroatoms. The molecule has 2 aromatic heterocycles. The van der Waals surface area contributed by atoms with Crippen molar-refractivity contribution in [1.29, 1.82) is 0 Å². The van der Waals surface area contributed by atoms with Crippen molar-refractivity contribution in [3.8, 4) is 0 Å². The first-order valence-electron chi connectivity index (χ1n) is 8.84. The standard InChI is InChI=1S/C21H24N2O2/c1-4-6-16-7-8-19-18(13-16)15(3)20(25-19)21(24)23(5-2)14-17-9-11-22-12-10-17/h7-13H,4-6,14H2,1-3H3. The van der Waals surface area contributed by atoms with Crippen LogP contribution in [-0.4, -0.2) is 22.3 Å². The van der Waals surface area contributed by atoms with Crippen molar-refractivity contribution in [1.82, 2.24) is 9.88 Å². The lowest BCUT2D eigenvalue weighted by atomic mass is 10.1. The van der Waals surface area contributed by atoms with Crippen molar-refractivity contribution >= 4 is 16.9 Å². The molecule has 0 radical (unpaired) electrons. The van der Waals surface area contributed by atoms with E-state index in [0.717, 1.165) is 34.9 Å². The monoisotopic (exact) mass is 336 g/mol. The molecule has 0 saturated heterocycles. The quantitative estimate of drug-likeness (QED) is 0.652. The van der Waals surface area contributed by atoms with E-state index in [-0.39, 0.29) is 5.91 Å². The van der Waals surface area contributed by atoms with Crippen molar-refractivity contribution in [2.75, 3.05) is 6.54 Å². The van der Waals surface area contributed by atoms with Gasteiger partial charge in [-0.15, -0.1) is 0 Å². The SMILES string of the molecule is CCCc1ccc2oc(C(=O)N(CC)Cc3ccncc3)c(C)c2c1. The third-order valence-electron chi connectivity index (χ3n) is 4.53. The lowest BCUT2D eigenvalue weighted by molar-refractivity contribution is 0.0722. The number of aromatic nitrogens is 1. The van der Waals surface area contributed by atoms with E-state index in [2.05, 4.69) is 24.0 Å². The van der Waals surface area contributed by atoms with Gasteiger partial charge in [0.15, 0.2) is 5.76 Å². The van der Waals surface area contributed by atoms with Gasteiger partial charge in [0.25, 0.3) is 5.91 Å². The molecular formula is C21H24N2O2. The van der Waals surface area contributed by atoms with Crippen LogP contribution >= 0.6 is 0 Å². The second-order valence-electron chi connectivity index (χ2n) is 6.31. The molecule has 0 aliphatic heterocycles. The summed E-state index contributed by atoms with van der Waals surface area (Å²) in [7, 11) is 0. The van der Waals surface area contributed by atoms with Crippen molar-refractivity contribution < 1.29 is 9.21 Å². The van der Waals surface area contributed by atoms with Crippen LogP contribution in [0.4, 0.5) is 0 Å². The Balaban J connectivity index is 1.91. The molecule has 1 aromatic carbocycles. The maximum absolute atomic E-state index is 13.0. The van der Waals surface area contributed by atoms with Gasteiger partial charge < -0.3 is 9.32 Å². The number of furan rings is 1. The molecule has 0 unspecified atom stereocenters. The van der Waals surface area contributed by atoms with Crippen LogP contribution in [0.15, 0.2) is 47.1 Å². The highest BCUT2D eigenvalue weighted by atomic mass is 16.3. The average Bonchev–Trinajstić information content (AvgIpc) is 2.97. The zero-order chi connectivity index (χ0) is 17.8. The van der Waals surface area contributed by atoms with E-state index >= 15 is 0 Å². The second kappa shape index (κ2) is 7.51. The Bertz CT molecular complexity index is 868. The summed E-state index contributed by atoms with van der Waals surface area (Å²) in [5, 5.41) is 1.04. The first-order valence-corrected chi connectivity index (χ1v) is 8.84. The molecule has 3 aromatic rings. The molecule has 0 bridgehead atoms. The number of hydrogen-bond acceptors (Lipinski definition) is 3. The molecule has 2 heterocycles. The largest absolute Gasteiger partial charge is 0.451 e. The van der Waals surface area contributed by atoms with E-state index in [1.807, 2.05) is 32.0 Å². The van der Waals surface area contributed by atoms with Gasteiger partial charge in [-0.2, -0.15) is 0 Å². The van der Waals surface area contributed by atoms with Crippen LogP contribution in [0, 0.1) is 6.92 Å². The third kappa shape index (κ3) is 3.58. The molecule has 0 saturated carbocycles. The highest BCUT2D eigenvalue weighted by Crippen LogP contribution is 2.28. The minimum absolute atomic E-state index is 0.0648. The van der Waals surface area contributed by atoms with E-state index in [0.29, 0.717) is 18.8 Å². The number of rotatable bonds is 6. The molecule has 0 aliphatic carbocycles. The zero-order valence-electron chi connectivity index (χ0n) is 15.1. The number of benzene rings is 1. The van der Waals surface area contributed by atoms with Gasteiger partial charge in [0, 0.05) is 36.4 Å². The minimum atomic E-state index is -0.0648. The Morgan fingerprint density at radius 3 is 2.56 bits per heavy atom. The van der Waals surface area contributed by atoms with Crippen LogP contribution in [0.3, 0.4) is 0 Å². The van der Waals surface area contributed by atoms with Crippen molar-refractivity contribution in [3.05, 3.63) is 65.2 Å². The number of carbonyl (C=O) groups excluding carboxylic acids is 1. The lowest BCUT2D eigenvalue weighted by Crippen LogP contribution is -2.30. The van der Waals surface area contributed by atoms with Gasteiger partial charge in [0.2, 0.25) is 0 Å². The highest BCUT2D eigenvalue weighted by Gasteiger charge is 2.22. The molecule has 0 fully saturated rings. The number of aryl methyl sites for hydroxylation is 2. The predicted molar refractivity (Wildman–Crippen MR) is 99.6 cm³/mol. The second-order valence-corrected chi connectivity index (χ2v) is 6.31.